The Labute approximate surface area is 146 Å². The zero-order valence-corrected chi connectivity index (χ0v) is 15.2. The number of hydrogen-bond acceptors (Lipinski definition) is 4. The highest BCUT2D eigenvalue weighted by molar-refractivity contribution is 5.84. The van der Waals surface area contributed by atoms with Crippen molar-refractivity contribution in [2.45, 2.75) is 40.2 Å². The first-order chi connectivity index (χ1) is 11.9. The van der Waals surface area contributed by atoms with Gasteiger partial charge in [0, 0.05) is 22.2 Å². The van der Waals surface area contributed by atoms with Crippen LogP contribution in [-0.2, 0) is 11.2 Å². The van der Waals surface area contributed by atoms with Gasteiger partial charge in [0.25, 0.3) is 0 Å². The number of aryl methyl sites for hydroxylation is 3. The van der Waals surface area contributed by atoms with E-state index >= 15 is 0 Å². The fourth-order valence-electron chi connectivity index (χ4n) is 3.11. The van der Waals surface area contributed by atoms with Crippen LogP contribution >= 0.6 is 0 Å². The highest BCUT2D eigenvalue weighted by Crippen LogP contribution is 2.31. The molecular formula is C19H23N3O3. The monoisotopic (exact) mass is 341 g/mol. The molecule has 6 nitrogen and oxygen atoms in total. The lowest BCUT2D eigenvalue weighted by atomic mass is 10.1. The van der Waals surface area contributed by atoms with Crippen LogP contribution < -0.4 is 10.1 Å². The predicted molar refractivity (Wildman–Crippen MR) is 95.8 cm³/mol. The fourth-order valence-corrected chi connectivity index (χ4v) is 3.11. The lowest BCUT2D eigenvalue weighted by Crippen LogP contribution is -2.28. The number of rotatable bonds is 5. The molecule has 0 fully saturated rings. The number of aromatic nitrogens is 2. The maximum absolute atomic E-state index is 12.4. The molecule has 0 radical (unpaired) electrons. The number of hydrogen-bond donors (Lipinski definition) is 2. The third kappa shape index (κ3) is 3.24. The number of benzene rings is 1. The molecule has 25 heavy (non-hydrogen) atoms. The van der Waals surface area contributed by atoms with E-state index in [1.807, 2.05) is 45.9 Å². The Morgan fingerprint density at radius 1 is 1.36 bits per heavy atom. The number of furan rings is 1. The second-order valence-corrected chi connectivity index (χ2v) is 6.33. The van der Waals surface area contributed by atoms with E-state index in [0.29, 0.717) is 6.42 Å². The minimum absolute atomic E-state index is 0.0578. The van der Waals surface area contributed by atoms with E-state index in [0.717, 1.165) is 45.0 Å². The van der Waals surface area contributed by atoms with Gasteiger partial charge in [-0.2, -0.15) is 5.10 Å². The molecular weight excluding hydrogens is 318 g/mol. The molecule has 1 atom stereocenters. The van der Waals surface area contributed by atoms with E-state index in [2.05, 4.69) is 15.5 Å². The maximum atomic E-state index is 12.4. The third-order valence-corrected chi connectivity index (χ3v) is 4.57. The van der Waals surface area contributed by atoms with Crippen molar-refractivity contribution in [2.75, 3.05) is 7.11 Å². The van der Waals surface area contributed by atoms with Crippen molar-refractivity contribution in [2.24, 2.45) is 0 Å². The van der Waals surface area contributed by atoms with Crippen LogP contribution in [0.5, 0.6) is 5.75 Å². The molecule has 0 aliphatic rings. The van der Waals surface area contributed by atoms with Crippen LogP contribution in [0.4, 0.5) is 0 Å². The SMILES string of the molecule is COc1ccc2oc([C@H](C)NC(=O)Cc3c(C)n[nH]c3C)c(C)c2c1. The molecule has 2 aromatic heterocycles. The van der Waals surface area contributed by atoms with Crippen molar-refractivity contribution in [3.63, 3.8) is 0 Å². The summed E-state index contributed by atoms with van der Waals surface area (Å²) in [4.78, 5) is 12.4. The molecule has 6 heteroatoms. The number of methoxy groups -OCH3 is 1. The zero-order valence-electron chi connectivity index (χ0n) is 15.2. The largest absolute Gasteiger partial charge is 0.497 e. The predicted octanol–water partition coefficient (Wildman–Crippen LogP) is 3.51. The maximum Gasteiger partial charge on any atom is 0.225 e. The summed E-state index contributed by atoms with van der Waals surface area (Å²) in [6, 6.07) is 5.48. The van der Waals surface area contributed by atoms with Gasteiger partial charge in [0.05, 0.1) is 25.3 Å². The fraction of sp³-hybridized carbons (Fsp3) is 0.368. The van der Waals surface area contributed by atoms with Crippen LogP contribution in [0.15, 0.2) is 22.6 Å². The van der Waals surface area contributed by atoms with E-state index in [1.54, 1.807) is 7.11 Å². The first-order valence-corrected chi connectivity index (χ1v) is 8.27. The van der Waals surface area contributed by atoms with Crippen molar-refractivity contribution in [1.29, 1.82) is 0 Å². The number of amides is 1. The lowest BCUT2D eigenvalue weighted by Gasteiger charge is -2.12. The van der Waals surface area contributed by atoms with Gasteiger partial charge in [-0.25, -0.2) is 0 Å². The summed E-state index contributed by atoms with van der Waals surface area (Å²) in [7, 11) is 1.64. The Kier molecular flexibility index (Phi) is 4.53. The summed E-state index contributed by atoms with van der Waals surface area (Å²) in [6.45, 7) is 7.73. The van der Waals surface area contributed by atoms with Gasteiger partial charge in [0.1, 0.15) is 17.1 Å². The van der Waals surface area contributed by atoms with E-state index in [9.17, 15) is 4.79 Å². The van der Waals surface area contributed by atoms with Gasteiger partial charge in [-0.15, -0.1) is 0 Å². The highest BCUT2D eigenvalue weighted by Gasteiger charge is 2.20. The van der Waals surface area contributed by atoms with Gasteiger partial charge in [0.2, 0.25) is 5.91 Å². The third-order valence-electron chi connectivity index (χ3n) is 4.57. The van der Waals surface area contributed by atoms with Crippen LogP contribution in [0.2, 0.25) is 0 Å². The molecule has 0 aliphatic heterocycles. The van der Waals surface area contributed by atoms with Crippen LogP contribution in [0.25, 0.3) is 11.0 Å². The molecule has 0 saturated carbocycles. The zero-order chi connectivity index (χ0) is 18.1. The standard InChI is InChI=1S/C19H23N3O3/c1-10-15-8-14(24-5)6-7-17(15)25-19(10)13(4)20-18(23)9-16-11(2)21-22-12(16)3/h6-8,13H,9H2,1-5H3,(H,20,23)(H,21,22)/t13-/m0/s1. The van der Waals surface area contributed by atoms with Crippen LogP contribution in [0.1, 0.15) is 41.2 Å². The van der Waals surface area contributed by atoms with Gasteiger partial charge >= 0.3 is 0 Å². The Morgan fingerprint density at radius 2 is 2.12 bits per heavy atom. The first kappa shape index (κ1) is 17.1. The van der Waals surface area contributed by atoms with E-state index in [1.165, 1.54) is 0 Å². The molecule has 0 aliphatic carbocycles. The Bertz CT molecular complexity index is 904. The van der Waals surface area contributed by atoms with E-state index in [4.69, 9.17) is 9.15 Å². The number of nitrogens with zero attached hydrogens (tertiary/aromatic N) is 1. The smallest absolute Gasteiger partial charge is 0.225 e. The highest BCUT2D eigenvalue weighted by atomic mass is 16.5. The van der Waals surface area contributed by atoms with Crippen LogP contribution in [0, 0.1) is 20.8 Å². The molecule has 3 rings (SSSR count). The minimum atomic E-state index is -0.224. The van der Waals surface area contributed by atoms with Crippen molar-refractivity contribution >= 4 is 16.9 Å². The number of H-pyrrole nitrogens is 1. The first-order valence-electron chi connectivity index (χ1n) is 8.27. The van der Waals surface area contributed by atoms with Crippen molar-refractivity contribution in [3.05, 3.63) is 46.5 Å². The second kappa shape index (κ2) is 6.63. The van der Waals surface area contributed by atoms with Gasteiger partial charge in [0.15, 0.2) is 0 Å². The van der Waals surface area contributed by atoms with Crippen molar-refractivity contribution < 1.29 is 13.9 Å². The van der Waals surface area contributed by atoms with Crippen molar-refractivity contribution in [1.82, 2.24) is 15.5 Å². The number of nitrogens with one attached hydrogen (secondary N) is 2. The number of carbonyl (C=O) groups is 1. The summed E-state index contributed by atoms with van der Waals surface area (Å²) in [5.41, 5.74) is 4.52. The second-order valence-electron chi connectivity index (χ2n) is 6.33. The Hall–Kier alpha value is -2.76. The summed E-state index contributed by atoms with van der Waals surface area (Å²) in [5, 5.41) is 11.0. The van der Waals surface area contributed by atoms with E-state index in [-0.39, 0.29) is 11.9 Å². The van der Waals surface area contributed by atoms with Gasteiger partial charge < -0.3 is 14.5 Å². The molecule has 0 bridgehead atoms. The number of aromatic amines is 1. The minimum Gasteiger partial charge on any atom is -0.497 e. The van der Waals surface area contributed by atoms with Crippen LogP contribution in [-0.4, -0.2) is 23.2 Å². The molecule has 2 N–H and O–H groups in total. The van der Waals surface area contributed by atoms with Gasteiger partial charge in [-0.05, 0) is 45.9 Å². The van der Waals surface area contributed by atoms with E-state index < -0.39 is 0 Å². The van der Waals surface area contributed by atoms with Gasteiger partial charge in [-0.1, -0.05) is 0 Å². The summed E-state index contributed by atoms with van der Waals surface area (Å²) in [5.74, 6) is 1.49. The molecule has 1 aromatic carbocycles. The molecule has 3 aromatic rings. The average molecular weight is 341 g/mol. The molecule has 2 heterocycles. The topological polar surface area (TPSA) is 80.2 Å². The number of ether oxygens (including phenoxy) is 1. The quantitative estimate of drug-likeness (QED) is 0.744. The molecule has 0 unspecified atom stereocenters. The Balaban J connectivity index is 1.79. The molecule has 0 spiro atoms. The summed E-state index contributed by atoms with van der Waals surface area (Å²) < 4.78 is 11.2. The van der Waals surface area contributed by atoms with Crippen molar-refractivity contribution in [3.8, 4) is 5.75 Å². The lowest BCUT2D eigenvalue weighted by molar-refractivity contribution is -0.121. The number of fused-ring (bicyclic) bond motifs is 1. The number of carbonyl (C=O) groups excluding carboxylic acids is 1. The molecule has 1 amide bonds. The van der Waals surface area contributed by atoms with Gasteiger partial charge in [-0.3, -0.25) is 9.89 Å². The summed E-state index contributed by atoms with van der Waals surface area (Å²) >= 11 is 0. The molecule has 132 valence electrons. The average Bonchev–Trinajstić information content (AvgIpc) is 3.08. The summed E-state index contributed by atoms with van der Waals surface area (Å²) in [6.07, 6.45) is 0.297. The van der Waals surface area contributed by atoms with Crippen LogP contribution in [0.3, 0.4) is 0 Å². The normalized spacial score (nSPS) is 12.4. The molecule has 0 saturated heterocycles. The Morgan fingerprint density at radius 3 is 2.76 bits per heavy atom.